The topological polar surface area (TPSA) is 42.2 Å². The van der Waals surface area contributed by atoms with Crippen LogP contribution in [0, 0.1) is 5.92 Å². The molecule has 4 nitrogen and oxygen atoms in total. The molecule has 0 amide bonds. The molecule has 126 valence electrons. The molecule has 4 heteroatoms. The molecule has 0 spiro atoms. The highest BCUT2D eigenvalue weighted by Crippen LogP contribution is 2.48. The molecular weight excluding hydrogens is 298 g/mol. The molecule has 24 heavy (non-hydrogen) atoms. The maximum absolute atomic E-state index is 5.59. The van der Waals surface area contributed by atoms with Crippen LogP contribution in [0.25, 0.3) is 0 Å². The Morgan fingerprint density at radius 2 is 1.96 bits per heavy atom. The number of rotatable bonds is 4. The normalized spacial score (nSPS) is 30.4. The van der Waals surface area contributed by atoms with E-state index in [0.717, 1.165) is 30.5 Å². The number of hydrogen-bond donors (Lipinski definition) is 0. The first-order valence-electron chi connectivity index (χ1n) is 9.51. The molecule has 5 rings (SSSR count). The molecule has 2 aromatic rings. The minimum atomic E-state index is 0.427. The molecule has 1 saturated carbocycles. The third-order valence-corrected chi connectivity index (χ3v) is 6.37. The van der Waals surface area contributed by atoms with Crippen LogP contribution >= 0.6 is 0 Å². The van der Waals surface area contributed by atoms with Crippen LogP contribution in [0.3, 0.4) is 0 Å². The van der Waals surface area contributed by atoms with Gasteiger partial charge in [0.25, 0.3) is 0 Å². The maximum atomic E-state index is 5.59. The van der Waals surface area contributed by atoms with E-state index in [0.29, 0.717) is 18.0 Å². The summed E-state index contributed by atoms with van der Waals surface area (Å²) < 4.78 is 5.59. The first-order valence-corrected chi connectivity index (χ1v) is 9.51. The van der Waals surface area contributed by atoms with Gasteiger partial charge in [0.15, 0.2) is 5.82 Å². The van der Waals surface area contributed by atoms with E-state index in [9.17, 15) is 0 Å². The quantitative estimate of drug-likeness (QED) is 0.849. The molecule has 3 atom stereocenters. The molecule has 2 aliphatic heterocycles. The molecule has 0 N–H and O–H groups in total. The lowest BCUT2D eigenvalue weighted by Crippen LogP contribution is -2.27. The molecule has 3 aliphatic rings. The highest BCUT2D eigenvalue weighted by atomic mass is 16.5. The lowest BCUT2D eigenvalue weighted by molar-refractivity contribution is 0.243. The van der Waals surface area contributed by atoms with E-state index >= 15 is 0 Å². The Bertz CT molecular complexity index is 694. The maximum Gasteiger partial charge on any atom is 0.226 e. The molecule has 0 radical (unpaired) electrons. The van der Waals surface area contributed by atoms with Crippen molar-refractivity contribution in [2.45, 2.75) is 62.9 Å². The Labute approximate surface area is 143 Å². The lowest BCUT2D eigenvalue weighted by atomic mass is 9.83. The summed E-state index contributed by atoms with van der Waals surface area (Å²) in [5.41, 5.74) is 1.44. The summed E-state index contributed by atoms with van der Waals surface area (Å²) in [5, 5.41) is 4.39. The van der Waals surface area contributed by atoms with Crippen LogP contribution in [0.2, 0.25) is 0 Å². The van der Waals surface area contributed by atoms with Gasteiger partial charge in [0.2, 0.25) is 5.89 Å². The van der Waals surface area contributed by atoms with E-state index in [1.54, 1.807) is 0 Å². The zero-order valence-electron chi connectivity index (χ0n) is 14.1. The Balaban J connectivity index is 1.38. The number of aromatic nitrogens is 2. The Kier molecular flexibility index (Phi) is 3.66. The van der Waals surface area contributed by atoms with Gasteiger partial charge in [0, 0.05) is 24.4 Å². The number of benzene rings is 1. The van der Waals surface area contributed by atoms with Crippen LogP contribution < -0.4 is 0 Å². The van der Waals surface area contributed by atoms with Crippen LogP contribution in [-0.2, 0) is 6.42 Å². The van der Waals surface area contributed by atoms with Crippen LogP contribution in [0.1, 0.15) is 67.8 Å². The minimum absolute atomic E-state index is 0.427. The summed E-state index contributed by atoms with van der Waals surface area (Å²) in [7, 11) is 0. The fourth-order valence-corrected chi connectivity index (χ4v) is 4.89. The van der Waals surface area contributed by atoms with Crippen molar-refractivity contribution in [2.75, 3.05) is 6.54 Å². The van der Waals surface area contributed by atoms with Gasteiger partial charge in [-0.2, -0.15) is 4.98 Å². The van der Waals surface area contributed by atoms with Gasteiger partial charge in [-0.3, -0.25) is 4.90 Å². The van der Waals surface area contributed by atoms with Crippen LogP contribution in [0.5, 0.6) is 0 Å². The second kappa shape index (κ2) is 5.99. The third-order valence-electron chi connectivity index (χ3n) is 6.37. The molecular formula is C20H25N3O. The molecule has 0 unspecified atom stereocenters. The summed E-state index contributed by atoms with van der Waals surface area (Å²) in [6, 6.07) is 12.0. The zero-order chi connectivity index (χ0) is 15.9. The van der Waals surface area contributed by atoms with Crippen molar-refractivity contribution >= 4 is 0 Å². The first-order chi connectivity index (χ1) is 11.9. The van der Waals surface area contributed by atoms with E-state index in [1.807, 2.05) is 0 Å². The predicted molar refractivity (Wildman–Crippen MR) is 91.6 cm³/mol. The average molecular weight is 323 g/mol. The van der Waals surface area contributed by atoms with Crippen molar-refractivity contribution in [2.24, 2.45) is 5.92 Å². The van der Waals surface area contributed by atoms with Gasteiger partial charge < -0.3 is 4.52 Å². The van der Waals surface area contributed by atoms with Crippen molar-refractivity contribution in [1.29, 1.82) is 0 Å². The number of hydrogen-bond acceptors (Lipinski definition) is 4. The standard InChI is InChI=1S/C20H25N3O/c1-2-8-15(9-3-1)18-13-16(17-10-5-11-23(17)18)20-21-19(24-22-20)12-14-6-4-7-14/h1-3,8-9,14,16-18H,4-7,10-13H2/t16-,17+,18-/m1/s1. The van der Waals surface area contributed by atoms with Gasteiger partial charge in [0.05, 0.1) is 0 Å². The van der Waals surface area contributed by atoms with Crippen LogP contribution in [-0.4, -0.2) is 27.6 Å². The van der Waals surface area contributed by atoms with Crippen molar-refractivity contribution in [3.8, 4) is 0 Å². The van der Waals surface area contributed by atoms with E-state index in [1.165, 1.54) is 44.2 Å². The first kappa shape index (κ1) is 14.6. The predicted octanol–water partition coefficient (Wildman–Crippen LogP) is 4.11. The number of fused-ring (bicyclic) bond motifs is 1. The molecule has 1 aromatic carbocycles. The van der Waals surface area contributed by atoms with E-state index < -0.39 is 0 Å². The smallest absolute Gasteiger partial charge is 0.226 e. The zero-order valence-corrected chi connectivity index (χ0v) is 14.1. The van der Waals surface area contributed by atoms with Gasteiger partial charge in [-0.05, 0) is 50.1 Å². The SMILES string of the molecule is c1ccc([C@H]2C[C@@H](c3noc(CC4CCC4)n3)[C@@H]3CCCN23)cc1. The summed E-state index contributed by atoms with van der Waals surface area (Å²) in [6.45, 7) is 1.20. The van der Waals surface area contributed by atoms with Crippen molar-refractivity contribution in [3.05, 3.63) is 47.6 Å². The Hall–Kier alpha value is -1.68. The second-order valence-corrected chi connectivity index (χ2v) is 7.76. The largest absolute Gasteiger partial charge is 0.339 e. The van der Waals surface area contributed by atoms with Gasteiger partial charge in [-0.25, -0.2) is 0 Å². The highest BCUT2D eigenvalue weighted by molar-refractivity contribution is 5.24. The summed E-state index contributed by atoms with van der Waals surface area (Å²) >= 11 is 0. The Morgan fingerprint density at radius 1 is 1.08 bits per heavy atom. The molecule has 0 bridgehead atoms. The molecule has 1 aliphatic carbocycles. The molecule has 3 heterocycles. The molecule has 3 fully saturated rings. The van der Waals surface area contributed by atoms with Crippen LogP contribution in [0.15, 0.2) is 34.9 Å². The van der Waals surface area contributed by atoms with Crippen molar-refractivity contribution in [1.82, 2.24) is 15.0 Å². The van der Waals surface area contributed by atoms with Crippen molar-refractivity contribution < 1.29 is 4.52 Å². The Morgan fingerprint density at radius 3 is 2.75 bits per heavy atom. The van der Waals surface area contributed by atoms with Crippen LogP contribution in [0.4, 0.5) is 0 Å². The number of nitrogens with zero attached hydrogens (tertiary/aromatic N) is 3. The fraction of sp³-hybridized carbons (Fsp3) is 0.600. The second-order valence-electron chi connectivity index (χ2n) is 7.76. The lowest BCUT2D eigenvalue weighted by Gasteiger charge is -2.24. The summed E-state index contributed by atoms with van der Waals surface area (Å²) in [5.74, 6) is 3.03. The minimum Gasteiger partial charge on any atom is -0.339 e. The van der Waals surface area contributed by atoms with Gasteiger partial charge in [-0.15, -0.1) is 0 Å². The third kappa shape index (κ3) is 2.48. The summed E-state index contributed by atoms with van der Waals surface area (Å²) in [4.78, 5) is 7.48. The van der Waals surface area contributed by atoms with E-state index in [2.05, 4.69) is 40.4 Å². The molecule has 1 aromatic heterocycles. The van der Waals surface area contributed by atoms with Gasteiger partial charge in [0.1, 0.15) is 0 Å². The summed E-state index contributed by atoms with van der Waals surface area (Å²) in [6.07, 6.45) is 8.68. The van der Waals surface area contributed by atoms with E-state index in [4.69, 9.17) is 9.51 Å². The monoisotopic (exact) mass is 323 g/mol. The van der Waals surface area contributed by atoms with Gasteiger partial charge >= 0.3 is 0 Å². The van der Waals surface area contributed by atoms with Crippen molar-refractivity contribution in [3.63, 3.8) is 0 Å². The molecule has 2 saturated heterocycles. The average Bonchev–Trinajstić information content (AvgIpc) is 3.28. The van der Waals surface area contributed by atoms with Gasteiger partial charge in [-0.1, -0.05) is 41.9 Å². The fourth-order valence-electron chi connectivity index (χ4n) is 4.89. The highest BCUT2D eigenvalue weighted by Gasteiger charge is 2.46. The van der Waals surface area contributed by atoms with E-state index in [-0.39, 0.29) is 0 Å².